The number of carbonyl (C=O) groups is 1. The third kappa shape index (κ3) is 4.71. The van der Waals surface area contributed by atoms with Crippen LogP contribution in [0.25, 0.3) is 0 Å². The quantitative estimate of drug-likeness (QED) is 0.828. The van der Waals surface area contributed by atoms with Crippen LogP contribution in [0.4, 0.5) is 10.5 Å². The van der Waals surface area contributed by atoms with Gasteiger partial charge in [-0.15, -0.1) is 0 Å². The molecule has 0 radical (unpaired) electrons. The molecule has 0 bridgehead atoms. The first-order chi connectivity index (χ1) is 10.0. The second-order valence-electron chi connectivity index (χ2n) is 4.70. The highest BCUT2D eigenvalue weighted by atomic mass is 35.5. The molecular formula is C13H16ClN5O2. The first kappa shape index (κ1) is 15.2. The largest absolute Gasteiger partial charge is 0.339 e. The molecule has 2 heterocycles. The number of hydrogen-bond acceptors (Lipinski definition) is 5. The summed E-state index contributed by atoms with van der Waals surface area (Å²) in [5.74, 6) is 1.39. The zero-order valence-electron chi connectivity index (χ0n) is 11.8. The summed E-state index contributed by atoms with van der Waals surface area (Å²) >= 11 is 5.66. The van der Waals surface area contributed by atoms with E-state index >= 15 is 0 Å². The molecule has 0 unspecified atom stereocenters. The Labute approximate surface area is 127 Å². The van der Waals surface area contributed by atoms with Crippen LogP contribution in [-0.4, -0.2) is 27.7 Å². The number of anilines is 1. The highest BCUT2D eigenvalue weighted by molar-refractivity contribution is 6.29. The fourth-order valence-corrected chi connectivity index (χ4v) is 1.62. The van der Waals surface area contributed by atoms with Crippen LogP contribution >= 0.6 is 11.6 Å². The number of amides is 2. The molecule has 0 atom stereocenters. The second-order valence-corrected chi connectivity index (χ2v) is 5.09. The Kier molecular flexibility index (Phi) is 5.10. The van der Waals surface area contributed by atoms with Gasteiger partial charge in [0.15, 0.2) is 5.82 Å². The molecule has 2 N–H and O–H groups in total. The first-order valence-corrected chi connectivity index (χ1v) is 6.91. The van der Waals surface area contributed by atoms with Crippen LogP contribution in [-0.2, 0) is 6.42 Å². The van der Waals surface area contributed by atoms with E-state index in [-0.39, 0.29) is 11.9 Å². The Bertz CT molecular complexity index is 597. The Morgan fingerprint density at radius 3 is 2.86 bits per heavy atom. The van der Waals surface area contributed by atoms with E-state index in [1.54, 1.807) is 12.1 Å². The van der Waals surface area contributed by atoms with Crippen LogP contribution in [0, 0.1) is 0 Å². The number of rotatable bonds is 5. The standard InChI is InChI=1S/C13H16ClN5O2/c1-8(2)12-18-11(21-19-12)5-6-15-13(20)17-9-3-4-10(14)16-7-9/h3-4,7-8H,5-6H2,1-2H3,(H2,15,17,20). The molecule has 0 fully saturated rings. The lowest BCUT2D eigenvalue weighted by atomic mass is 10.2. The third-order valence-electron chi connectivity index (χ3n) is 2.61. The smallest absolute Gasteiger partial charge is 0.319 e. The Hall–Kier alpha value is -2.15. The molecule has 0 saturated heterocycles. The van der Waals surface area contributed by atoms with E-state index in [1.165, 1.54) is 6.20 Å². The molecule has 8 heteroatoms. The molecule has 2 rings (SSSR count). The van der Waals surface area contributed by atoms with Crippen molar-refractivity contribution in [2.75, 3.05) is 11.9 Å². The van der Waals surface area contributed by atoms with Gasteiger partial charge in [0.05, 0.1) is 11.9 Å². The van der Waals surface area contributed by atoms with Crippen LogP contribution in [0.5, 0.6) is 0 Å². The minimum absolute atomic E-state index is 0.219. The maximum Gasteiger partial charge on any atom is 0.319 e. The molecular weight excluding hydrogens is 294 g/mol. The van der Waals surface area contributed by atoms with Crippen molar-refractivity contribution in [2.45, 2.75) is 26.2 Å². The summed E-state index contributed by atoms with van der Waals surface area (Å²) in [6.45, 7) is 4.37. The molecule has 0 spiro atoms. The van der Waals surface area contributed by atoms with Gasteiger partial charge < -0.3 is 15.2 Å². The van der Waals surface area contributed by atoms with E-state index in [4.69, 9.17) is 16.1 Å². The minimum Gasteiger partial charge on any atom is -0.339 e. The Morgan fingerprint density at radius 2 is 2.24 bits per heavy atom. The highest BCUT2D eigenvalue weighted by Gasteiger charge is 2.09. The summed E-state index contributed by atoms with van der Waals surface area (Å²) in [5.41, 5.74) is 0.566. The number of urea groups is 1. The average molecular weight is 310 g/mol. The van der Waals surface area contributed by atoms with E-state index in [0.717, 1.165) is 0 Å². The molecule has 0 saturated carbocycles. The lowest BCUT2D eigenvalue weighted by molar-refractivity contribution is 0.252. The van der Waals surface area contributed by atoms with E-state index in [9.17, 15) is 4.79 Å². The Morgan fingerprint density at radius 1 is 1.43 bits per heavy atom. The Balaban J connectivity index is 1.74. The molecule has 112 valence electrons. The van der Waals surface area contributed by atoms with Crippen LogP contribution in [0.3, 0.4) is 0 Å². The highest BCUT2D eigenvalue weighted by Crippen LogP contribution is 2.10. The predicted molar refractivity (Wildman–Crippen MR) is 78.4 cm³/mol. The van der Waals surface area contributed by atoms with Crippen LogP contribution in [0.15, 0.2) is 22.9 Å². The van der Waals surface area contributed by atoms with E-state index in [0.29, 0.717) is 35.5 Å². The summed E-state index contributed by atoms with van der Waals surface area (Å²) in [4.78, 5) is 19.7. The maximum atomic E-state index is 11.7. The molecule has 2 aromatic heterocycles. The van der Waals surface area contributed by atoms with Crippen molar-refractivity contribution < 1.29 is 9.32 Å². The number of aromatic nitrogens is 3. The van der Waals surface area contributed by atoms with Gasteiger partial charge >= 0.3 is 6.03 Å². The molecule has 0 aromatic carbocycles. The van der Waals surface area contributed by atoms with Gasteiger partial charge in [-0.2, -0.15) is 4.98 Å². The second kappa shape index (κ2) is 7.03. The predicted octanol–water partition coefficient (Wildman–Crippen LogP) is 2.61. The molecule has 21 heavy (non-hydrogen) atoms. The number of halogens is 1. The van der Waals surface area contributed by atoms with Gasteiger partial charge in [-0.3, -0.25) is 0 Å². The lowest BCUT2D eigenvalue weighted by Crippen LogP contribution is -2.30. The average Bonchev–Trinajstić information content (AvgIpc) is 2.90. The number of hydrogen-bond donors (Lipinski definition) is 2. The fraction of sp³-hybridized carbons (Fsp3) is 0.385. The number of carbonyl (C=O) groups excluding carboxylic acids is 1. The van der Waals surface area contributed by atoms with Gasteiger partial charge in [-0.1, -0.05) is 30.6 Å². The van der Waals surface area contributed by atoms with Crippen molar-refractivity contribution in [3.8, 4) is 0 Å². The third-order valence-corrected chi connectivity index (χ3v) is 2.83. The van der Waals surface area contributed by atoms with Crippen molar-refractivity contribution in [3.63, 3.8) is 0 Å². The van der Waals surface area contributed by atoms with Gasteiger partial charge in [0.25, 0.3) is 0 Å². The van der Waals surface area contributed by atoms with Gasteiger partial charge in [0.1, 0.15) is 5.15 Å². The van der Waals surface area contributed by atoms with Crippen molar-refractivity contribution >= 4 is 23.3 Å². The van der Waals surface area contributed by atoms with Gasteiger partial charge in [0, 0.05) is 18.9 Å². The van der Waals surface area contributed by atoms with Gasteiger partial charge in [-0.25, -0.2) is 9.78 Å². The van der Waals surface area contributed by atoms with Crippen molar-refractivity contribution in [1.82, 2.24) is 20.4 Å². The fourth-order valence-electron chi connectivity index (χ4n) is 1.51. The SMILES string of the molecule is CC(C)c1noc(CCNC(=O)Nc2ccc(Cl)nc2)n1. The summed E-state index contributed by atoms with van der Waals surface area (Å²) in [6.07, 6.45) is 1.96. The topological polar surface area (TPSA) is 92.9 Å². The van der Waals surface area contributed by atoms with E-state index in [2.05, 4.69) is 25.8 Å². The summed E-state index contributed by atoms with van der Waals surface area (Å²) < 4.78 is 5.08. The van der Waals surface area contributed by atoms with Crippen LogP contribution < -0.4 is 10.6 Å². The van der Waals surface area contributed by atoms with Crippen molar-refractivity contribution in [3.05, 3.63) is 35.2 Å². The maximum absolute atomic E-state index is 11.7. The zero-order chi connectivity index (χ0) is 15.2. The first-order valence-electron chi connectivity index (χ1n) is 6.53. The van der Waals surface area contributed by atoms with E-state index in [1.807, 2.05) is 13.8 Å². The monoisotopic (exact) mass is 309 g/mol. The summed E-state index contributed by atoms with van der Waals surface area (Å²) in [6, 6.07) is 2.94. The molecule has 2 amide bonds. The summed E-state index contributed by atoms with van der Waals surface area (Å²) in [5, 5.41) is 9.56. The van der Waals surface area contributed by atoms with Crippen molar-refractivity contribution in [1.29, 1.82) is 0 Å². The van der Waals surface area contributed by atoms with E-state index < -0.39 is 0 Å². The molecule has 0 aliphatic carbocycles. The van der Waals surface area contributed by atoms with Crippen LogP contribution in [0.2, 0.25) is 5.15 Å². The zero-order valence-corrected chi connectivity index (χ0v) is 12.5. The molecule has 0 aliphatic rings. The van der Waals surface area contributed by atoms with Crippen LogP contribution in [0.1, 0.15) is 31.5 Å². The summed E-state index contributed by atoms with van der Waals surface area (Å²) in [7, 11) is 0. The number of nitrogens with zero attached hydrogens (tertiary/aromatic N) is 3. The number of nitrogens with one attached hydrogen (secondary N) is 2. The molecule has 0 aliphatic heterocycles. The minimum atomic E-state index is -0.331. The lowest BCUT2D eigenvalue weighted by Gasteiger charge is -2.05. The van der Waals surface area contributed by atoms with Gasteiger partial charge in [-0.05, 0) is 12.1 Å². The van der Waals surface area contributed by atoms with Crippen molar-refractivity contribution in [2.24, 2.45) is 0 Å². The van der Waals surface area contributed by atoms with Gasteiger partial charge in [0.2, 0.25) is 5.89 Å². The molecule has 7 nitrogen and oxygen atoms in total. The normalized spacial score (nSPS) is 10.7. The number of pyridine rings is 1. The molecule has 2 aromatic rings.